The molecule has 3 atom stereocenters. The van der Waals surface area contributed by atoms with Gasteiger partial charge in [-0.2, -0.15) is 0 Å². The van der Waals surface area contributed by atoms with E-state index in [4.69, 9.17) is 9.84 Å². The van der Waals surface area contributed by atoms with Crippen molar-refractivity contribution in [3.63, 3.8) is 0 Å². The van der Waals surface area contributed by atoms with E-state index in [1.165, 1.54) is 0 Å². The van der Waals surface area contributed by atoms with Crippen LogP contribution >= 0.6 is 0 Å². The van der Waals surface area contributed by atoms with E-state index in [2.05, 4.69) is 6.92 Å². The SMILES string of the molecule is C[C@H]1C[C@@H]2O[C@]2(CO)C1. The van der Waals surface area contributed by atoms with Crippen LogP contribution in [0.2, 0.25) is 0 Å². The van der Waals surface area contributed by atoms with E-state index in [1.54, 1.807) is 0 Å². The van der Waals surface area contributed by atoms with Gasteiger partial charge in [-0.05, 0) is 18.8 Å². The molecule has 1 N–H and O–H groups in total. The van der Waals surface area contributed by atoms with E-state index in [0.29, 0.717) is 6.10 Å². The molecule has 1 saturated heterocycles. The summed E-state index contributed by atoms with van der Waals surface area (Å²) in [6.45, 7) is 2.44. The first kappa shape index (κ1) is 5.69. The van der Waals surface area contributed by atoms with Gasteiger partial charge in [0.05, 0.1) is 12.7 Å². The number of epoxide rings is 1. The van der Waals surface area contributed by atoms with Crippen molar-refractivity contribution >= 4 is 0 Å². The molecule has 0 amide bonds. The monoisotopic (exact) mass is 128 g/mol. The van der Waals surface area contributed by atoms with Crippen molar-refractivity contribution in [3.05, 3.63) is 0 Å². The third kappa shape index (κ3) is 0.634. The number of aliphatic hydroxyl groups excluding tert-OH is 1. The van der Waals surface area contributed by atoms with E-state index < -0.39 is 0 Å². The Kier molecular flexibility index (Phi) is 0.945. The van der Waals surface area contributed by atoms with Crippen molar-refractivity contribution in [2.75, 3.05) is 6.61 Å². The Morgan fingerprint density at radius 2 is 2.56 bits per heavy atom. The number of fused-ring (bicyclic) bond motifs is 1. The Bertz CT molecular complexity index is 131. The van der Waals surface area contributed by atoms with Crippen LogP contribution in [-0.2, 0) is 4.74 Å². The molecule has 0 aromatic carbocycles. The van der Waals surface area contributed by atoms with Gasteiger partial charge in [0.2, 0.25) is 0 Å². The summed E-state index contributed by atoms with van der Waals surface area (Å²) in [7, 11) is 0. The van der Waals surface area contributed by atoms with Crippen LogP contribution in [-0.4, -0.2) is 23.4 Å². The van der Waals surface area contributed by atoms with Crippen LogP contribution in [0, 0.1) is 5.92 Å². The van der Waals surface area contributed by atoms with E-state index in [9.17, 15) is 0 Å². The maximum absolute atomic E-state index is 8.86. The molecule has 0 aromatic rings. The smallest absolute Gasteiger partial charge is 0.118 e. The van der Waals surface area contributed by atoms with E-state index in [-0.39, 0.29) is 12.2 Å². The van der Waals surface area contributed by atoms with Crippen LogP contribution in [0.15, 0.2) is 0 Å². The maximum Gasteiger partial charge on any atom is 0.118 e. The second-order valence-corrected chi connectivity index (χ2v) is 3.37. The quantitative estimate of drug-likeness (QED) is 0.523. The molecule has 1 heterocycles. The number of aliphatic hydroxyl groups is 1. The van der Waals surface area contributed by atoms with Gasteiger partial charge in [0.25, 0.3) is 0 Å². The first-order chi connectivity index (χ1) is 4.27. The molecule has 0 spiro atoms. The average Bonchev–Trinajstić information content (AvgIpc) is 2.38. The molecule has 1 saturated carbocycles. The van der Waals surface area contributed by atoms with Gasteiger partial charge in [0.15, 0.2) is 0 Å². The molecule has 1 aliphatic heterocycles. The summed E-state index contributed by atoms with van der Waals surface area (Å²) >= 11 is 0. The molecule has 2 rings (SSSR count). The molecule has 52 valence electrons. The average molecular weight is 128 g/mol. The summed E-state index contributed by atoms with van der Waals surface area (Å²) in [5, 5.41) is 8.86. The lowest BCUT2D eigenvalue weighted by molar-refractivity contribution is 0.142. The van der Waals surface area contributed by atoms with Gasteiger partial charge < -0.3 is 9.84 Å². The van der Waals surface area contributed by atoms with Crippen LogP contribution in [0.4, 0.5) is 0 Å². The van der Waals surface area contributed by atoms with Crippen molar-refractivity contribution in [3.8, 4) is 0 Å². The summed E-state index contributed by atoms with van der Waals surface area (Å²) < 4.78 is 5.31. The lowest BCUT2D eigenvalue weighted by Crippen LogP contribution is -2.16. The highest BCUT2D eigenvalue weighted by Crippen LogP contribution is 2.51. The van der Waals surface area contributed by atoms with Gasteiger partial charge in [0, 0.05) is 0 Å². The highest BCUT2D eigenvalue weighted by atomic mass is 16.6. The molecule has 9 heavy (non-hydrogen) atoms. The number of hydrogen-bond acceptors (Lipinski definition) is 2. The van der Waals surface area contributed by atoms with Gasteiger partial charge in [-0.1, -0.05) is 6.92 Å². The Labute approximate surface area is 54.8 Å². The van der Waals surface area contributed by atoms with Crippen LogP contribution in [0.25, 0.3) is 0 Å². The summed E-state index contributed by atoms with van der Waals surface area (Å²) in [6.07, 6.45) is 2.62. The fourth-order valence-electron chi connectivity index (χ4n) is 1.93. The van der Waals surface area contributed by atoms with Crippen molar-refractivity contribution in [2.24, 2.45) is 5.92 Å². The molecule has 0 unspecified atom stereocenters. The molecule has 0 radical (unpaired) electrons. The third-order valence-electron chi connectivity index (χ3n) is 2.48. The van der Waals surface area contributed by atoms with E-state index in [0.717, 1.165) is 18.8 Å². The molecule has 1 aliphatic carbocycles. The highest BCUT2D eigenvalue weighted by molar-refractivity contribution is 5.09. The minimum Gasteiger partial charge on any atom is -0.393 e. The number of ether oxygens (including phenoxy) is 1. The van der Waals surface area contributed by atoms with Crippen molar-refractivity contribution in [1.82, 2.24) is 0 Å². The van der Waals surface area contributed by atoms with Gasteiger partial charge in [-0.3, -0.25) is 0 Å². The normalized spacial score (nSPS) is 55.3. The number of rotatable bonds is 1. The summed E-state index contributed by atoms with van der Waals surface area (Å²) in [5.41, 5.74) is -0.0700. The lowest BCUT2D eigenvalue weighted by Gasteiger charge is -2.06. The van der Waals surface area contributed by atoms with Gasteiger partial charge in [-0.15, -0.1) is 0 Å². The Hall–Kier alpha value is -0.0800. The fraction of sp³-hybridized carbons (Fsp3) is 1.00. The predicted octanol–water partition coefficient (Wildman–Crippen LogP) is 0.546. The van der Waals surface area contributed by atoms with Crippen molar-refractivity contribution < 1.29 is 9.84 Å². The summed E-state index contributed by atoms with van der Waals surface area (Å²) in [4.78, 5) is 0. The fourth-order valence-corrected chi connectivity index (χ4v) is 1.93. The van der Waals surface area contributed by atoms with Crippen LogP contribution in [0.3, 0.4) is 0 Å². The Morgan fingerprint density at radius 3 is 2.89 bits per heavy atom. The standard InChI is InChI=1S/C7H12O2/c1-5-2-6-7(3-5,4-8)9-6/h5-6,8H,2-4H2,1H3/t5-,6-,7-/m0/s1. The molecule has 2 nitrogen and oxygen atoms in total. The molecule has 0 bridgehead atoms. The molecule has 2 fully saturated rings. The number of hydrogen-bond donors (Lipinski definition) is 1. The van der Waals surface area contributed by atoms with Crippen LogP contribution in [0.1, 0.15) is 19.8 Å². The molecule has 2 heteroatoms. The van der Waals surface area contributed by atoms with E-state index >= 15 is 0 Å². The largest absolute Gasteiger partial charge is 0.393 e. The van der Waals surface area contributed by atoms with Gasteiger partial charge >= 0.3 is 0 Å². The van der Waals surface area contributed by atoms with Gasteiger partial charge in [0.1, 0.15) is 5.60 Å². The van der Waals surface area contributed by atoms with Crippen LogP contribution < -0.4 is 0 Å². The maximum atomic E-state index is 8.86. The zero-order valence-corrected chi connectivity index (χ0v) is 5.63. The Balaban J connectivity index is 2.05. The first-order valence-corrected chi connectivity index (χ1v) is 3.55. The summed E-state index contributed by atoms with van der Waals surface area (Å²) in [6, 6.07) is 0. The first-order valence-electron chi connectivity index (χ1n) is 3.55. The van der Waals surface area contributed by atoms with E-state index in [1.807, 2.05) is 0 Å². The molecule has 2 aliphatic rings. The topological polar surface area (TPSA) is 32.8 Å². The van der Waals surface area contributed by atoms with Crippen molar-refractivity contribution in [2.45, 2.75) is 31.5 Å². The zero-order valence-electron chi connectivity index (χ0n) is 5.63. The zero-order chi connectivity index (χ0) is 6.48. The minimum atomic E-state index is -0.0700. The predicted molar refractivity (Wildman–Crippen MR) is 33.1 cm³/mol. The minimum absolute atomic E-state index is 0.0700. The Morgan fingerprint density at radius 1 is 1.78 bits per heavy atom. The third-order valence-corrected chi connectivity index (χ3v) is 2.48. The summed E-state index contributed by atoms with van der Waals surface area (Å²) in [5.74, 6) is 0.760. The molecular weight excluding hydrogens is 116 g/mol. The highest BCUT2D eigenvalue weighted by Gasteiger charge is 2.61. The van der Waals surface area contributed by atoms with Crippen LogP contribution in [0.5, 0.6) is 0 Å². The molecular formula is C7H12O2. The molecule has 0 aromatic heterocycles. The van der Waals surface area contributed by atoms with Crippen molar-refractivity contribution in [1.29, 1.82) is 0 Å². The lowest BCUT2D eigenvalue weighted by atomic mass is 10.1. The second kappa shape index (κ2) is 1.50. The van der Waals surface area contributed by atoms with Gasteiger partial charge in [-0.25, -0.2) is 0 Å². The second-order valence-electron chi connectivity index (χ2n) is 3.37.